The number of carbonyl (C=O) groups is 1. The Morgan fingerprint density at radius 1 is 1.17 bits per heavy atom. The molecule has 2 N–H and O–H groups in total. The summed E-state index contributed by atoms with van der Waals surface area (Å²) < 4.78 is 16.2. The largest absolute Gasteiger partial charge is 0.381 e. The van der Waals surface area contributed by atoms with Gasteiger partial charge in [0.1, 0.15) is 5.82 Å². The molecule has 35 heavy (non-hydrogen) atoms. The van der Waals surface area contributed by atoms with Gasteiger partial charge in [-0.3, -0.25) is 9.78 Å². The van der Waals surface area contributed by atoms with E-state index in [-0.39, 0.29) is 17.5 Å². The van der Waals surface area contributed by atoms with Crippen molar-refractivity contribution >= 4 is 11.6 Å². The summed E-state index contributed by atoms with van der Waals surface area (Å²) in [5.74, 6) is -0.895. The van der Waals surface area contributed by atoms with E-state index >= 15 is 0 Å². The molecule has 0 spiro atoms. The van der Waals surface area contributed by atoms with Crippen molar-refractivity contribution < 1.29 is 9.18 Å². The Bertz CT molecular complexity index is 1170. The van der Waals surface area contributed by atoms with E-state index in [9.17, 15) is 9.18 Å². The molecular weight excluding hydrogens is 443 g/mol. The first-order valence-electron chi connectivity index (χ1n) is 12.4. The first kappa shape index (κ1) is 24.9. The zero-order chi connectivity index (χ0) is 24.9. The normalized spacial score (nSPS) is 14.2. The Hall–Kier alpha value is -3.26. The van der Waals surface area contributed by atoms with Crippen molar-refractivity contribution in [3.8, 4) is 16.8 Å². The molecule has 0 bridgehead atoms. The number of aryl methyl sites for hydroxylation is 1. The molecule has 1 aliphatic rings. The number of nitrogens with zero attached hydrogens (tertiary/aromatic N) is 4. The third-order valence-corrected chi connectivity index (χ3v) is 6.28. The van der Waals surface area contributed by atoms with Crippen molar-refractivity contribution in [2.45, 2.75) is 58.0 Å². The number of pyridine rings is 1. The predicted molar refractivity (Wildman–Crippen MR) is 137 cm³/mol. The Morgan fingerprint density at radius 2 is 1.97 bits per heavy atom. The molecule has 7 nitrogen and oxygen atoms in total. The Kier molecular flexibility index (Phi) is 7.80. The second kappa shape index (κ2) is 11.0. The summed E-state index contributed by atoms with van der Waals surface area (Å²) in [5, 5.41) is 11.0. The topological polar surface area (TPSA) is 75.1 Å². The van der Waals surface area contributed by atoms with Crippen LogP contribution in [0.3, 0.4) is 0 Å². The first-order valence-corrected chi connectivity index (χ1v) is 12.4. The van der Waals surface area contributed by atoms with Gasteiger partial charge in [-0.1, -0.05) is 13.3 Å². The maximum Gasteiger partial charge on any atom is 0.254 e. The minimum Gasteiger partial charge on any atom is -0.381 e. The van der Waals surface area contributed by atoms with Crippen LogP contribution < -0.4 is 10.6 Å². The van der Waals surface area contributed by atoms with E-state index in [0.717, 1.165) is 55.5 Å². The summed E-state index contributed by atoms with van der Waals surface area (Å²) in [4.78, 5) is 19.1. The van der Waals surface area contributed by atoms with Crippen molar-refractivity contribution in [3.05, 3.63) is 59.9 Å². The second-order valence-electron chi connectivity index (χ2n) is 9.72. The van der Waals surface area contributed by atoms with Crippen LogP contribution >= 0.6 is 0 Å². The lowest BCUT2D eigenvalue weighted by atomic mass is 10.1. The molecule has 1 aromatic carbocycles. The van der Waals surface area contributed by atoms with Gasteiger partial charge < -0.3 is 15.5 Å². The summed E-state index contributed by atoms with van der Waals surface area (Å²) in [6.07, 6.45) is 12.5. The van der Waals surface area contributed by atoms with Crippen LogP contribution in [0.2, 0.25) is 0 Å². The molecule has 2 aromatic heterocycles. The predicted octanol–water partition coefficient (Wildman–Crippen LogP) is 4.81. The van der Waals surface area contributed by atoms with E-state index in [1.807, 2.05) is 25.5 Å². The van der Waals surface area contributed by atoms with E-state index in [1.54, 1.807) is 16.9 Å². The summed E-state index contributed by atoms with van der Waals surface area (Å²) >= 11 is 0. The van der Waals surface area contributed by atoms with Gasteiger partial charge in [-0.05, 0) is 77.0 Å². The van der Waals surface area contributed by atoms with Gasteiger partial charge in [0.25, 0.3) is 5.91 Å². The lowest BCUT2D eigenvalue weighted by Gasteiger charge is -2.21. The summed E-state index contributed by atoms with van der Waals surface area (Å²) in [7, 11) is 4.18. The average molecular weight is 479 g/mol. The number of hydrogen-bond donors (Lipinski definition) is 2. The summed E-state index contributed by atoms with van der Waals surface area (Å²) in [6.45, 7) is 5.04. The third kappa shape index (κ3) is 6.45. The smallest absolute Gasteiger partial charge is 0.254 e. The van der Waals surface area contributed by atoms with Crippen LogP contribution in [0.5, 0.6) is 0 Å². The summed E-state index contributed by atoms with van der Waals surface area (Å²) in [5.41, 5.74) is 4.24. The van der Waals surface area contributed by atoms with Crippen molar-refractivity contribution in [1.29, 1.82) is 0 Å². The van der Waals surface area contributed by atoms with Gasteiger partial charge in [0.05, 0.1) is 23.1 Å². The Labute approximate surface area is 206 Å². The number of benzene rings is 1. The van der Waals surface area contributed by atoms with Gasteiger partial charge >= 0.3 is 0 Å². The first-order chi connectivity index (χ1) is 16.8. The molecule has 1 fully saturated rings. The molecule has 4 rings (SSSR count). The highest BCUT2D eigenvalue weighted by Gasteiger charge is 2.25. The average Bonchev–Trinajstić information content (AvgIpc) is 3.49. The number of hydrogen-bond acceptors (Lipinski definition) is 5. The highest BCUT2D eigenvalue weighted by molar-refractivity contribution is 5.95. The number of carbonyl (C=O) groups excluding carboxylic acids is 1. The van der Waals surface area contributed by atoms with Gasteiger partial charge in [0.2, 0.25) is 0 Å². The van der Waals surface area contributed by atoms with Crippen LogP contribution in [0.15, 0.2) is 43.0 Å². The zero-order valence-corrected chi connectivity index (χ0v) is 21.0. The minimum absolute atomic E-state index is 0.0436. The number of halogens is 1. The number of aromatic nitrogens is 3. The van der Waals surface area contributed by atoms with E-state index in [0.29, 0.717) is 17.3 Å². The lowest BCUT2D eigenvalue weighted by molar-refractivity contribution is 0.0947. The van der Waals surface area contributed by atoms with E-state index in [2.05, 4.69) is 52.7 Å². The zero-order valence-electron chi connectivity index (χ0n) is 21.0. The highest BCUT2D eigenvalue weighted by Crippen LogP contribution is 2.26. The monoisotopic (exact) mass is 478 g/mol. The van der Waals surface area contributed by atoms with Crippen molar-refractivity contribution in [3.63, 3.8) is 0 Å². The molecule has 0 aliphatic heterocycles. The molecule has 3 aromatic rings. The number of nitrogens with one attached hydrogen (secondary N) is 2. The van der Waals surface area contributed by atoms with Crippen LogP contribution in [0.25, 0.3) is 16.8 Å². The Balaban J connectivity index is 1.54. The van der Waals surface area contributed by atoms with Crippen LogP contribution in [0.4, 0.5) is 10.1 Å². The molecule has 1 unspecified atom stereocenters. The van der Waals surface area contributed by atoms with Crippen molar-refractivity contribution in [2.24, 2.45) is 0 Å². The van der Waals surface area contributed by atoms with E-state index in [4.69, 9.17) is 0 Å². The van der Waals surface area contributed by atoms with E-state index in [1.165, 1.54) is 6.07 Å². The Morgan fingerprint density at radius 3 is 2.69 bits per heavy atom. The van der Waals surface area contributed by atoms with Crippen LogP contribution in [0, 0.1) is 12.7 Å². The number of amides is 1. The fourth-order valence-electron chi connectivity index (χ4n) is 4.14. The quantitative estimate of drug-likeness (QED) is 0.414. The molecule has 1 atom stereocenters. The SMILES string of the molecule is CCCC(CCN(C)C)Nc1cncc(-c2cnn(-c3cc(C(=O)NC4CC4)c(F)cc3C)c2)c1. The molecule has 0 radical (unpaired) electrons. The lowest BCUT2D eigenvalue weighted by Crippen LogP contribution is -2.26. The summed E-state index contributed by atoms with van der Waals surface area (Å²) in [6, 6.07) is 5.60. The molecule has 1 saturated carbocycles. The molecule has 1 aliphatic carbocycles. The van der Waals surface area contributed by atoms with Crippen molar-refractivity contribution in [1.82, 2.24) is 25.0 Å². The molecular formula is C27H35FN6O. The number of rotatable bonds is 11. The van der Waals surface area contributed by atoms with Crippen molar-refractivity contribution in [2.75, 3.05) is 26.0 Å². The second-order valence-corrected chi connectivity index (χ2v) is 9.72. The van der Waals surface area contributed by atoms with Gasteiger partial charge in [-0.25, -0.2) is 9.07 Å². The molecule has 1 amide bonds. The standard InChI is InChI=1S/C27H35FN6O/c1-5-6-21(9-10-33(3)4)31-23-12-19(14-29-16-23)20-15-30-34(17-20)26-13-24(25(28)11-18(26)2)27(35)32-22-7-8-22/h11-17,21-22,31H,5-10H2,1-4H3,(H,32,35). The maximum absolute atomic E-state index is 14.5. The molecule has 2 heterocycles. The van der Waals surface area contributed by atoms with Gasteiger partial charge in [0, 0.05) is 41.8 Å². The molecule has 8 heteroatoms. The minimum atomic E-state index is -0.518. The van der Waals surface area contributed by atoms with Gasteiger partial charge in [-0.15, -0.1) is 0 Å². The fraction of sp³-hybridized carbons (Fsp3) is 0.444. The molecule has 186 valence electrons. The van der Waals surface area contributed by atoms with Crippen LogP contribution in [0.1, 0.15) is 54.9 Å². The van der Waals surface area contributed by atoms with Crippen LogP contribution in [-0.4, -0.2) is 58.3 Å². The maximum atomic E-state index is 14.5. The van der Waals surface area contributed by atoms with E-state index < -0.39 is 5.82 Å². The fourth-order valence-corrected chi connectivity index (χ4v) is 4.14. The molecule has 0 saturated heterocycles. The van der Waals surface area contributed by atoms with Crippen LogP contribution in [-0.2, 0) is 0 Å². The van der Waals surface area contributed by atoms with Gasteiger partial charge in [-0.2, -0.15) is 5.10 Å². The van der Waals surface area contributed by atoms with Gasteiger partial charge in [0.15, 0.2) is 0 Å². The highest BCUT2D eigenvalue weighted by atomic mass is 19.1. The third-order valence-electron chi connectivity index (χ3n) is 6.28. The number of anilines is 1.